The van der Waals surface area contributed by atoms with Gasteiger partial charge in [-0.3, -0.25) is 9.79 Å². The molecule has 26 heavy (non-hydrogen) atoms. The summed E-state index contributed by atoms with van der Waals surface area (Å²) < 4.78 is 10.4. The third kappa shape index (κ3) is 5.52. The Morgan fingerprint density at radius 2 is 1.88 bits per heavy atom. The number of para-hydroxylation sites is 2. The summed E-state index contributed by atoms with van der Waals surface area (Å²) >= 11 is 0. The van der Waals surface area contributed by atoms with Crippen LogP contribution in [0.5, 0.6) is 5.75 Å². The van der Waals surface area contributed by atoms with E-state index in [0.717, 1.165) is 43.6 Å². The van der Waals surface area contributed by atoms with Crippen molar-refractivity contribution in [1.29, 1.82) is 0 Å². The third-order valence-electron chi connectivity index (χ3n) is 4.25. The highest BCUT2D eigenvalue weighted by Crippen LogP contribution is 2.28. The van der Waals surface area contributed by atoms with E-state index in [1.807, 2.05) is 18.2 Å². The molecule has 0 atom stereocenters. The fourth-order valence-electron chi connectivity index (χ4n) is 2.90. The molecule has 0 unspecified atom stereocenters. The van der Waals surface area contributed by atoms with E-state index >= 15 is 0 Å². The number of amides is 1. The smallest absolute Gasteiger partial charge is 0.239 e. The van der Waals surface area contributed by atoms with Crippen molar-refractivity contribution in [3.63, 3.8) is 0 Å². The fraction of sp³-hybridized carbons (Fsp3) is 0.556. The first-order chi connectivity index (χ1) is 12.7. The largest absolute Gasteiger partial charge is 0.495 e. The van der Waals surface area contributed by atoms with Gasteiger partial charge in [-0.2, -0.15) is 0 Å². The molecule has 1 fully saturated rings. The number of hydrogen-bond acceptors (Lipinski definition) is 5. The van der Waals surface area contributed by atoms with Crippen LogP contribution < -0.4 is 20.3 Å². The number of carbonyl (C=O) groups excluding carboxylic acids is 1. The summed E-state index contributed by atoms with van der Waals surface area (Å²) in [5, 5.41) is 5.91. The van der Waals surface area contributed by atoms with Crippen molar-refractivity contribution < 1.29 is 14.3 Å². The van der Waals surface area contributed by atoms with Gasteiger partial charge in [0.05, 0.1) is 25.9 Å². The van der Waals surface area contributed by atoms with E-state index in [0.29, 0.717) is 13.2 Å². The SMILES string of the molecule is CN=C(NCC(=O)NCCOC)N1CCN(c2ccccc2OC)CC1. The minimum atomic E-state index is -0.0733. The molecule has 2 N–H and O–H groups in total. The number of ether oxygens (including phenoxy) is 2. The average Bonchev–Trinajstić information content (AvgIpc) is 2.69. The molecule has 1 saturated heterocycles. The molecule has 8 heteroatoms. The molecular weight excluding hydrogens is 334 g/mol. The lowest BCUT2D eigenvalue weighted by atomic mass is 10.2. The number of aliphatic imine (C=N–C) groups is 1. The monoisotopic (exact) mass is 363 g/mol. The molecule has 1 aromatic rings. The Morgan fingerprint density at radius 3 is 2.54 bits per heavy atom. The molecule has 1 aliphatic heterocycles. The maximum Gasteiger partial charge on any atom is 0.239 e. The van der Waals surface area contributed by atoms with E-state index in [1.165, 1.54) is 0 Å². The van der Waals surface area contributed by atoms with Crippen LogP contribution in [0.3, 0.4) is 0 Å². The molecule has 0 spiro atoms. The van der Waals surface area contributed by atoms with Crippen LogP contribution in [0.15, 0.2) is 29.3 Å². The number of hydrogen-bond donors (Lipinski definition) is 2. The first-order valence-corrected chi connectivity index (χ1v) is 8.78. The number of benzene rings is 1. The Bertz CT molecular complexity index is 600. The summed E-state index contributed by atoms with van der Waals surface area (Å²) in [5.74, 6) is 1.55. The highest BCUT2D eigenvalue weighted by Gasteiger charge is 2.21. The van der Waals surface area contributed by atoms with Gasteiger partial charge in [-0.15, -0.1) is 0 Å². The summed E-state index contributed by atoms with van der Waals surface area (Å²) in [4.78, 5) is 20.6. The average molecular weight is 363 g/mol. The predicted octanol–water partition coefficient (Wildman–Crippen LogP) is 0.155. The van der Waals surface area contributed by atoms with Gasteiger partial charge in [-0.1, -0.05) is 12.1 Å². The lowest BCUT2D eigenvalue weighted by Gasteiger charge is -2.38. The van der Waals surface area contributed by atoms with Crippen LogP contribution in [0.1, 0.15) is 0 Å². The van der Waals surface area contributed by atoms with Crippen molar-refractivity contribution in [1.82, 2.24) is 15.5 Å². The molecule has 2 rings (SSSR count). The maximum absolute atomic E-state index is 11.8. The first kappa shape index (κ1) is 19.8. The van der Waals surface area contributed by atoms with Gasteiger partial charge >= 0.3 is 0 Å². The van der Waals surface area contributed by atoms with Crippen LogP contribution in [-0.4, -0.2) is 83.9 Å². The van der Waals surface area contributed by atoms with Crippen LogP contribution in [0.2, 0.25) is 0 Å². The van der Waals surface area contributed by atoms with Crippen LogP contribution in [0.4, 0.5) is 5.69 Å². The standard InChI is InChI=1S/C18H29N5O3/c1-19-18(21-14-17(24)20-8-13-25-2)23-11-9-22(10-12-23)15-6-4-5-7-16(15)26-3/h4-7H,8-14H2,1-3H3,(H,19,21)(H,20,24). The molecule has 1 amide bonds. The number of anilines is 1. The number of piperazine rings is 1. The summed E-state index contributed by atoms with van der Waals surface area (Å²) in [6, 6.07) is 8.05. The highest BCUT2D eigenvalue weighted by molar-refractivity contribution is 5.86. The minimum Gasteiger partial charge on any atom is -0.495 e. The van der Waals surface area contributed by atoms with Gasteiger partial charge in [-0.25, -0.2) is 0 Å². The molecule has 0 bridgehead atoms. The summed E-state index contributed by atoms with van der Waals surface area (Å²) in [6.07, 6.45) is 0. The number of nitrogens with one attached hydrogen (secondary N) is 2. The zero-order valence-corrected chi connectivity index (χ0v) is 15.8. The van der Waals surface area contributed by atoms with Crippen molar-refractivity contribution >= 4 is 17.6 Å². The van der Waals surface area contributed by atoms with Crippen LogP contribution in [0, 0.1) is 0 Å². The normalized spacial score (nSPS) is 15.0. The zero-order chi connectivity index (χ0) is 18.8. The van der Waals surface area contributed by atoms with Crippen LogP contribution in [-0.2, 0) is 9.53 Å². The van der Waals surface area contributed by atoms with Gasteiger partial charge in [0.15, 0.2) is 5.96 Å². The highest BCUT2D eigenvalue weighted by atomic mass is 16.5. The second kappa shape index (κ2) is 10.5. The Morgan fingerprint density at radius 1 is 1.15 bits per heavy atom. The Hall–Kier alpha value is -2.48. The molecule has 1 heterocycles. The van der Waals surface area contributed by atoms with Crippen molar-refractivity contribution in [3.8, 4) is 5.75 Å². The van der Waals surface area contributed by atoms with Gasteiger partial charge < -0.3 is 29.9 Å². The van der Waals surface area contributed by atoms with E-state index in [4.69, 9.17) is 9.47 Å². The number of rotatable bonds is 7. The molecule has 144 valence electrons. The molecule has 0 aliphatic carbocycles. The topological polar surface area (TPSA) is 78.4 Å². The van der Waals surface area contributed by atoms with Gasteiger partial charge in [0, 0.05) is 46.9 Å². The quantitative estimate of drug-likeness (QED) is 0.408. The number of carbonyl (C=O) groups is 1. The van der Waals surface area contributed by atoms with E-state index in [2.05, 4.69) is 31.5 Å². The van der Waals surface area contributed by atoms with Crippen molar-refractivity contribution in [2.24, 2.45) is 4.99 Å². The van der Waals surface area contributed by atoms with Crippen molar-refractivity contribution in [2.75, 3.05) is 72.0 Å². The van der Waals surface area contributed by atoms with Gasteiger partial charge in [0.1, 0.15) is 5.75 Å². The van der Waals surface area contributed by atoms with Gasteiger partial charge in [0.25, 0.3) is 0 Å². The third-order valence-corrected chi connectivity index (χ3v) is 4.25. The van der Waals surface area contributed by atoms with Crippen molar-refractivity contribution in [3.05, 3.63) is 24.3 Å². The van der Waals surface area contributed by atoms with Gasteiger partial charge in [-0.05, 0) is 12.1 Å². The van der Waals surface area contributed by atoms with E-state index in [1.54, 1.807) is 21.3 Å². The molecule has 1 aliphatic rings. The molecular formula is C18H29N5O3. The van der Waals surface area contributed by atoms with Gasteiger partial charge in [0.2, 0.25) is 5.91 Å². The molecule has 0 radical (unpaired) electrons. The van der Waals surface area contributed by atoms with Crippen LogP contribution in [0.25, 0.3) is 0 Å². The molecule has 0 saturated carbocycles. The van der Waals surface area contributed by atoms with Crippen molar-refractivity contribution in [2.45, 2.75) is 0 Å². The zero-order valence-electron chi connectivity index (χ0n) is 15.8. The lowest BCUT2D eigenvalue weighted by Crippen LogP contribution is -2.53. The Labute approximate surface area is 155 Å². The first-order valence-electron chi connectivity index (χ1n) is 8.78. The number of nitrogens with zero attached hydrogens (tertiary/aromatic N) is 3. The van der Waals surface area contributed by atoms with E-state index in [-0.39, 0.29) is 12.5 Å². The number of methoxy groups -OCH3 is 2. The Balaban J connectivity index is 1.82. The second-order valence-corrected chi connectivity index (χ2v) is 5.89. The molecule has 1 aromatic carbocycles. The summed E-state index contributed by atoms with van der Waals surface area (Å²) in [7, 11) is 5.03. The Kier molecular flexibility index (Phi) is 8.01. The molecule has 0 aromatic heterocycles. The van der Waals surface area contributed by atoms with Crippen LogP contribution >= 0.6 is 0 Å². The fourth-order valence-corrected chi connectivity index (χ4v) is 2.90. The number of guanidine groups is 1. The van der Waals surface area contributed by atoms with E-state index < -0.39 is 0 Å². The predicted molar refractivity (Wildman–Crippen MR) is 103 cm³/mol. The lowest BCUT2D eigenvalue weighted by molar-refractivity contribution is -0.120. The maximum atomic E-state index is 11.8. The second-order valence-electron chi connectivity index (χ2n) is 5.89. The van der Waals surface area contributed by atoms with E-state index in [9.17, 15) is 4.79 Å². The summed E-state index contributed by atoms with van der Waals surface area (Å²) in [5.41, 5.74) is 1.11. The summed E-state index contributed by atoms with van der Waals surface area (Å²) in [6.45, 7) is 4.58. The minimum absolute atomic E-state index is 0.0733. The molecule has 8 nitrogen and oxygen atoms in total.